The van der Waals surface area contributed by atoms with E-state index in [4.69, 9.17) is 0 Å². The zero-order valence-corrected chi connectivity index (χ0v) is 17.4. The van der Waals surface area contributed by atoms with Crippen LogP contribution >= 0.6 is 0 Å². The smallest absolute Gasteiger partial charge is 0.224 e. The number of nitrogens with one attached hydrogen (secondary N) is 2. The molecule has 4 rings (SSSR count). The van der Waals surface area contributed by atoms with Gasteiger partial charge in [0.1, 0.15) is 5.82 Å². The third kappa shape index (κ3) is 4.17. The van der Waals surface area contributed by atoms with Crippen molar-refractivity contribution in [2.75, 3.05) is 18.4 Å². The normalized spacial score (nSPS) is 11.0. The summed E-state index contributed by atoms with van der Waals surface area (Å²) in [6, 6.07) is 13.8. The fraction of sp³-hybridized carbons (Fsp3) is 0.273. The zero-order valence-electron chi connectivity index (χ0n) is 17.4. The summed E-state index contributed by atoms with van der Waals surface area (Å²) in [4.78, 5) is 12.3. The minimum atomic E-state index is -0.000822. The number of aryl methyl sites for hydroxylation is 3. The van der Waals surface area contributed by atoms with Gasteiger partial charge in [-0.1, -0.05) is 18.2 Å². The number of carbonyl (C=O) groups is 1. The number of fused-ring (bicyclic) bond motifs is 1. The van der Waals surface area contributed by atoms with Crippen LogP contribution in [0.1, 0.15) is 17.0 Å². The summed E-state index contributed by atoms with van der Waals surface area (Å²) >= 11 is 0. The van der Waals surface area contributed by atoms with E-state index in [-0.39, 0.29) is 5.91 Å². The van der Waals surface area contributed by atoms with Gasteiger partial charge in [0.25, 0.3) is 0 Å². The van der Waals surface area contributed by atoms with Crippen molar-refractivity contribution in [2.24, 2.45) is 7.05 Å². The first-order chi connectivity index (χ1) is 14.5. The lowest BCUT2D eigenvalue weighted by molar-refractivity contribution is -0.120. The number of carbonyl (C=O) groups excluding carboxylic acids is 1. The predicted molar refractivity (Wildman–Crippen MR) is 117 cm³/mol. The number of para-hydroxylation sites is 1. The minimum Gasteiger partial charge on any atom is -0.367 e. The Morgan fingerprint density at radius 3 is 2.63 bits per heavy atom. The van der Waals surface area contributed by atoms with Crippen LogP contribution in [0.15, 0.2) is 48.7 Å². The van der Waals surface area contributed by atoms with Crippen molar-refractivity contribution in [2.45, 2.75) is 20.3 Å². The van der Waals surface area contributed by atoms with Crippen molar-refractivity contribution < 1.29 is 4.79 Å². The van der Waals surface area contributed by atoms with Gasteiger partial charge in [0.2, 0.25) is 5.91 Å². The molecule has 8 heteroatoms. The number of rotatable bonds is 7. The van der Waals surface area contributed by atoms with Crippen LogP contribution in [0.5, 0.6) is 0 Å². The van der Waals surface area contributed by atoms with E-state index < -0.39 is 0 Å². The van der Waals surface area contributed by atoms with Crippen LogP contribution in [0.4, 0.5) is 5.82 Å². The Morgan fingerprint density at radius 2 is 1.90 bits per heavy atom. The van der Waals surface area contributed by atoms with E-state index in [9.17, 15) is 4.79 Å². The van der Waals surface area contributed by atoms with Gasteiger partial charge in [-0.15, -0.1) is 10.2 Å². The summed E-state index contributed by atoms with van der Waals surface area (Å²) in [7, 11) is 1.99. The number of amides is 1. The van der Waals surface area contributed by atoms with Crippen molar-refractivity contribution >= 4 is 22.6 Å². The highest BCUT2D eigenvalue weighted by molar-refractivity contribution is 5.89. The van der Waals surface area contributed by atoms with Crippen LogP contribution in [0.25, 0.3) is 16.7 Å². The molecule has 0 bridgehead atoms. The molecule has 30 heavy (non-hydrogen) atoms. The number of aromatic nitrogens is 5. The zero-order chi connectivity index (χ0) is 21.1. The van der Waals surface area contributed by atoms with Gasteiger partial charge >= 0.3 is 0 Å². The van der Waals surface area contributed by atoms with Crippen molar-refractivity contribution in [3.8, 4) is 5.82 Å². The largest absolute Gasteiger partial charge is 0.367 e. The van der Waals surface area contributed by atoms with E-state index in [1.165, 1.54) is 0 Å². The maximum Gasteiger partial charge on any atom is 0.224 e. The number of hydrogen-bond donors (Lipinski definition) is 2. The second kappa shape index (κ2) is 8.36. The first kappa shape index (κ1) is 19.6. The molecule has 8 nitrogen and oxygen atoms in total. The topological polar surface area (TPSA) is 89.7 Å². The Hall–Kier alpha value is -3.68. The predicted octanol–water partition coefficient (Wildman–Crippen LogP) is 2.54. The van der Waals surface area contributed by atoms with Gasteiger partial charge in [-0.05, 0) is 43.7 Å². The minimum absolute atomic E-state index is 0.000822. The maximum atomic E-state index is 12.3. The fourth-order valence-electron chi connectivity index (χ4n) is 3.59. The molecule has 154 valence electrons. The molecule has 3 heterocycles. The maximum absolute atomic E-state index is 12.3. The van der Waals surface area contributed by atoms with Crippen LogP contribution < -0.4 is 10.6 Å². The summed E-state index contributed by atoms with van der Waals surface area (Å²) in [5, 5.41) is 20.1. The quantitative estimate of drug-likeness (QED) is 0.463. The summed E-state index contributed by atoms with van der Waals surface area (Å²) in [6.45, 7) is 5.00. The molecule has 1 amide bonds. The number of benzene rings is 1. The SMILES string of the molecule is Cc1cc(C)n(-c2ccc(NCCNC(=O)Cc3cn(C)c4ccccc34)nn2)n1. The first-order valence-electron chi connectivity index (χ1n) is 9.92. The van der Waals surface area contributed by atoms with E-state index in [1.807, 2.05) is 68.1 Å². The monoisotopic (exact) mass is 403 g/mol. The molecule has 4 aromatic rings. The van der Waals surface area contributed by atoms with E-state index in [0.717, 1.165) is 27.9 Å². The Labute approximate surface area is 174 Å². The summed E-state index contributed by atoms with van der Waals surface area (Å²) < 4.78 is 3.81. The van der Waals surface area contributed by atoms with Gasteiger partial charge in [-0.3, -0.25) is 4.79 Å². The van der Waals surface area contributed by atoms with Crippen LogP contribution in [-0.4, -0.2) is 43.5 Å². The highest BCUT2D eigenvalue weighted by Crippen LogP contribution is 2.20. The second-order valence-electron chi connectivity index (χ2n) is 7.35. The Bertz CT molecular complexity index is 1170. The van der Waals surface area contributed by atoms with Crippen molar-refractivity contribution in [1.29, 1.82) is 0 Å². The van der Waals surface area contributed by atoms with E-state index in [2.05, 4.69) is 32.0 Å². The molecule has 1 aromatic carbocycles. The average Bonchev–Trinajstić information content (AvgIpc) is 3.24. The highest BCUT2D eigenvalue weighted by Gasteiger charge is 2.10. The highest BCUT2D eigenvalue weighted by atomic mass is 16.1. The summed E-state index contributed by atoms with van der Waals surface area (Å²) in [5.74, 6) is 1.33. The lowest BCUT2D eigenvalue weighted by atomic mass is 10.1. The number of nitrogens with zero attached hydrogens (tertiary/aromatic N) is 5. The molecule has 0 atom stereocenters. The molecule has 0 aliphatic heterocycles. The molecule has 0 aliphatic rings. The molecule has 0 saturated carbocycles. The second-order valence-corrected chi connectivity index (χ2v) is 7.35. The van der Waals surface area contributed by atoms with E-state index in [1.54, 1.807) is 4.68 Å². The van der Waals surface area contributed by atoms with Crippen molar-refractivity contribution in [3.63, 3.8) is 0 Å². The summed E-state index contributed by atoms with van der Waals surface area (Å²) in [6.07, 6.45) is 2.38. The molecule has 0 radical (unpaired) electrons. The molecular weight excluding hydrogens is 378 g/mol. The van der Waals surface area contributed by atoms with Crippen molar-refractivity contribution in [1.82, 2.24) is 29.9 Å². The number of anilines is 1. The summed E-state index contributed by atoms with van der Waals surface area (Å²) in [5.41, 5.74) is 4.11. The Balaban J connectivity index is 1.26. The van der Waals surface area contributed by atoms with E-state index >= 15 is 0 Å². The van der Waals surface area contributed by atoms with Gasteiger partial charge in [0, 0.05) is 42.9 Å². The molecular formula is C22H25N7O. The van der Waals surface area contributed by atoms with Crippen LogP contribution in [0.3, 0.4) is 0 Å². The Morgan fingerprint density at radius 1 is 1.07 bits per heavy atom. The van der Waals surface area contributed by atoms with E-state index in [0.29, 0.717) is 31.1 Å². The standard InChI is InChI=1S/C22H25N7O/c1-15-12-16(2)29(27-15)21-9-8-20(25-26-21)23-10-11-24-22(30)13-17-14-28(3)19-7-5-4-6-18(17)19/h4-9,12,14H,10-11,13H2,1-3H3,(H,23,25)(H,24,30). The molecule has 0 aliphatic carbocycles. The fourth-order valence-corrected chi connectivity index (χ4v) is 3.59. The molecule has 0 saturated heterocycles. The number of hydrogen-bond acceptors (Lipinski definition) is 5. The van der Waals surface area contributed by atoms with Gasteiger partial charge < -0.3 is 15.2 Å². The lowest BCUT2D eigenvalue weighted by Gasteiger charge is -2.08. The van der Waals surface area contributed by atoms with Crippen LogP contribution in [0, 0.1) is 13.8 Å². The first-order valence-corrected chi connectivity index (χ1v) is 9.92. The lowest BCUT2D eigenvalue weighted by Crippen LogP contribution is -2.30. The third-order valence-electron chi connectivity index (χ3n) is 4.96. The van der Waals surface area contributed by atoms with Gasteiger partial charge in [0.05, 0.1) is 12.1 Å². The Kier molecular flexibility index (Phi) is 5.47. The van der Waals surface area contributed by atoms with Crippen LogP contribution in [0.2, 0.25) is 0 Å². The van der Waals surface area contributed by atoms with Gasteiger partial charge in [-0.2, -0.15) is 5.10 Å². The molecule has 0 unspecified atom stereocenters. The van der Waals surface area contributed by atoms with Gasteiger partial charge in [-0.25, -0.2) is 4.68 Å². The molecule has 2 N–H and O–H groups in total. The molecule has 0 fully saturated rings. The third-order valence-corrected chi connectivity index (χ3v) is 4.96. The molecule has 0 spiro atoms. The van der Waals surface area contributed by atoms with Gasteiger partial charge in [0.15, 0.2) is 5.82 Å². The van der Waals surface area contributed by atoms with Crippen LogP contribution in [-0.2, 0) is 18.3 Å². The molecule has 3 aromatic heterocycles. The van der Waals surface area contributed by atoms with Crippen molar-refractivity contribution in [3.05, 3.63) is 65.6 Å². The average molecular weight is 403 g/mol.